The predicted molar refractivity (Wildman–Crippen MR) is 62.7 cm³/mol. The van der Waals surface area contributed by atoms with Gasteiger partial charge in [-0.15, -0.1) is 11.6 Å². The number of rotatable bonds is 2. The van der Waals surface area contributed by atoms with Gasteiger partial charge in [-0.2, -0.15) is 0 Å². The van der Waals surface area contributed by atoms with Gasteiger partial charge < -0.3 is 10.7 Å². The van der Waals surface area contributed by atoms with E-state index in [1.54, 1.807) is 4.68 Å². The van der Waals surface area contributed by atoms with Crippen LogP contribution in [-0.2, 0) is 0 Å². The Labute approximate surface area is 102 Å². The number of aromatic nitrogens is 1. The van der Waals surface area contributed by atoms with Crippen molar-refractivity contribution in [1.29, 1.82) is 0 Å². The third-order valence-electron chi connectivity index (χ3n) is 2.08. The molecule has 2 N–H and O–H groups in total. The highest BCUT2D eigenvalue weighted by atomic mass is 79.9. The zero-order chi connectivity index (χ0) is 10.7. The summed E-state index contributed by atoms with van der Waals surface area (Å²) in [5.74, 6) is 0. The molecule has 3 atom stereocenters. The lowest BCUT2D eigenvalue weighted by Gasteiger charge is -2.38. The average molecular weight is 292 g/mol. The van der Waals surface area contributed by atoms with Crippen molar-refractivity contribution in [3.05, 3.63) is 36.0 Å². The largest absolute Gasteiger partial charge is 0.414 e. The van der Waals surface area contributed by atoms with Crippen LogP contribution in [0.3, 0.4) is 0 Å². The molecule has 0 bridgehead atoms. The minimum atomic E-state index is -0.0541. The Morgan fingerprint density at radius 3 is 2.73 bits per heavy atom. The van der Waals surface area contributed by atoms with E-state index in [2.05, 4.69) is 32.0 Å². The molecule has 15 heavy (non-hydrogen) atoms. The Bertz CT molecular complexity index is 310. The van der Waals surface area contributed by atoms with Gasteiger partial charge in [-0.3, -0.25) is 5.32 Å². The Kier molecular flexibility index (Phi) is 3.80. The fraction of sp³-hybridized carbons (Fsp3) is 0.444. The Morgan fingerprint density at radius 2 is 2.07 bits per heavy atom. The molecule has 1 fully saturated rings. The van der Waals surface area contributed by atoms with Crippen molar-refractivity contribution in [2.75, 3.05) is 6.54 Å². The molecular formula is C9H12BrClN4. The van der Waals surface area contributed by atoms with Crippen LogP contribution in [0.5, 0.6) is 0 Å². The number of hydrogen-bond acceptors (Lipinski definition) is 2. The van der Waals surface area contributed by atoms with E-state index >= 15 is 0 Å². The molecule has 2 rings (SSSR count). The Morgan fingerprint density at radius 1 is 1.33 bits per heavy atom. The number of piperazine rings is 1. The molecule has 1 aromatic rings. The van der Waals surface area contributed by atoms with Gasteiger partial charge in [0.15, 0.2) is 12.4 Å². The number of nitrogens with zero attached hydrogens (tertiary/aromatic N) is 2. The molecule has 0 aromatic carbocycles. The molecule has 2 heterocycles. The lowest BCUT2D eigenvalue weighted by Crippen LogP contribution is -2.58. The van der Waals surface area contributed by atoms with E-state index in [9.17, 15) is 0 Å². The lowest BCUT2D eigenvalue weighted by atomic mass is 10.4. The average Bonchev–Trinajstić information content (AvgIpc) is 2.24. The number of alkyl halides is 2. The van der Waals surface area contributed by atoms with Crippen LogP contribution in [-0.4, -0.2) is 23.2 Å². The smallest absolute Gasteiger partial charge is 0.164 e. The van der Waals surface area contributed by atoms with Crippen molar-refractivity contribution in [3.8, 4) is 0 Å². The molecule has 1 aromatic heterocycles. The minimum absolute atomic E-state index is 0.0209. The third-order valence-corrected chi connectivity index (χ3v) is 3.13. The molecule has 1 saturated heterocycles. The second-order valence-electron chi connectivity index (χ2n) is 3.26. The fourth-order valence-electron chi connectivity index (χ4n) is 1.36. The molecule has 0 aliphatic carbocycles. The zero-order valence-electron chi connectivity index (χ0n) is 7.98. The van der Waals surface area contributed by atoms with Gasteiger partial charge in [-0.1, -0.05) is 22.0 Å². The monoisotopic (exact) mass is 290 g/mol. The maximum atomic E-state index is 5.93. The number of nitrogens with one attached hydrogen (secondary N) is 2. The molecule has 82 valence electrons. The maximum Gasteiger partial charge on any atom is 0.164 e. The van der Waals surface area contributed by atoms with E-state index in [4.69, 9.17) is 11.6 Å². The van der Waals surface area contributed by atoms with Gasteiger partial charge in [0, 0.05) is 24.8 Å². The lowest BCUT2D eigenvalue weighted by molar-refractivity contribution is -0.628. The first-order valence-corrected chi connectivity index (χ1v) is 6.06. The standard InChI is InChI=1S/C9H12BrClN4/c10-8-9(12-6-7(11)13-8)14-15-4-2-1-3-5-15/h1-5,7-9,12-13H,6H2. The van der Waals surface area contributed by atoms with Gasteiger partial charge >= 0.3 is 0 Å². The molecule has 0 amide bonds. The van der Waals surface area contributed by atoms with Crippen molar-refractivity contribution >= 4 is 27.5 Å². The van der Waals surface area contributed by atoms with Gasteiger partial charge in [0.1, 0.15) is 0 Å². The molecule has 0 radical (unpaired) electrons. The molecule has 0 saturated carbocycles. The summed E-state index contributed by atoms with van der Waals surface area (Å²) in [6, 6.07) is 5.83. The van der Waals surface area contributed by atoms with E-state index in [1.807, 2.05) is 30.6 Å². The van der Waals surface area contributed by atoms with E-state index in [-0.39, 0.29) is 16.6 Å². The summed E-state index contributed by atoms with van der Waals surface area (Å²) in [6.07, 6.45) is 3.77. The normalized spacial score (nSPS) is 31.2. The van der Waals surface area contributed by atoms with E-state index < -0.39 is 0 Å². The molecule has 3 unspecified atom stereocenters. The predicted octanol–water partition coefficient (Wildman–Crippen LogP) is 0.916. The molecule has 4 nitrogen and oxygen atoms in total. The van der Waals surface area contributed by atoms with Crippen molar-refractivity contribution in [3.63, 3.8) is 0 Å². The van der Waals surface area contributed by atoms with E-state index in [0.29, 0.717) is 6.54 Å². The first-order chi connectivity index (χ1) is 7.25. The van der Waals surface area contributed by atoms with Crippen LogP contribution in [0.15, 0.2) is 30.6 Å². The van der Waals surface area contributed by atoms with Crippen molar-refractivity contribution in [2.24, 2.45) is 0 Å². The first-order valence-electron chi connectivity index (χ1n) is 4.71. The number of pyridine rings is 1. The summed E-state index contributed by atoms with van der Waals surface area (Å²) in [5.41, 5.74) is 4.42. The number of hydrogen-bond donors (Lipinski definition) is 2. The zero-order valence-corrected chi connectivity index (χ0v) is 10.3. The Balaban J connectivity index is 1.95. The summed E-state index contributed by atoms with van der Waals surface area (Å²) in [5, 5.41) is 6.40. The second-order valence-corrected chi connectivity index (χ2v) is 4.77. The van der Waals surface area contributed by atoms with Crippen molar-refractivity contribution in [1.82, 2.24) is 10.6 Å². The fourth-order valence-corrected chi connectivity index (χ4v) is 2.35. The third kappa shape index (κ3) is 3.04. The van der Waals surface area contributed by atoms with Gasteiger partial charge in [0.25, 0.3) is 0 Å². The topological polar surface area (TPSA) is 42.0 Å². The minimum Gasteiger partial charge on any atom is -0.414 e. The van der Waals surface area contributed by atoms with Crippen molar-refractivity contribution in [2.45, 2.75) is 16.6 Å². The van der Waals surface area contributed by atoms with Crippen LogP contribution in [0.25, 0.3) is 5.43 Å². The quantitative estimate of drug-likeness (QED) is 0.483. The van der Waals surface area contributed by atoms with Crippen LogP contribution in [0.2, 0.25) is 0 Å². The Hall–Kier alpha value is -0.360. The van der Waals surface area contributed by atoms with Gasteiger partial charge in [0.2, 0.25) is 0 Å². The van der Waals surface area contributed by atoms with Crippen molar-refractivity contribution < 1.29 is 4.68 Å². The molecule has 6 heteroatoms. The SMILES string of the molecule is ClC1CNC([N-][n+]2ccccc2)C(Br)N1. The summed E-state index contributed by atoms with van der Waals surface area (Å²) in [7, 11) is 0. The molecule has 0 spiro atoms. The second kappa shape index (κ2) is 5.12. The van der Waals surface area contributed by atoms with E-state index in [0.717, 1.165) is 0 Å². The summed E-state index contributed by atoms with van der Waals surface area (Å²) in [6.45, 7) is 0.700. The first kappa shape index (κ1) is 11.1. The highest BCUT2D eigenvalue weighted by Gasteiger charge is 2.22. The van der Waals surface area contributed by atoms with Crippen LogP contribution < -0.4 is 15.3 Å². The van der Waals surface area contributed by atoms with Crippen LogP contribution in [0, 0.1) is 0 Å². The molecule has 1 aliphatic heterocycles. The van der Waals surface area contributed by atoms with E-state index in [1.165, 1.54) is 0 Å². The molecule has 1 aliphatic rings. The maximum absolute atomic E-state index is 5.93. The van der Waals surface area contributed by atoms with Gasteiger partial charge in [-0.05, 0) is 0 Å². The van der Waals surface area contributed by atoms with Crippen LogP contribution >= 0.6 is 27.5 Å². The summed E-state index contributed by atoms with van der Waals surface area (Å²) >= 11 is 9.42. The van der Waals surface area contributed by atoms with Gasteiger partial charge in [0.05, 0.1) is 10.5 Å². The highest BCUT2D eigenvalue weighted by Crippen LogP contribution is 2.13. The molecular weight excluding hydrogens is 279 g/mol. The number of halogens is 2. The van der Waals surface area contributed by atoms with Crippen LogP contribution in [0.1, 0.15) is 0 Å². The van der Waals surface area contributed by atoms with Crippen LogP contribution in [0.4, 0.5) is 0 Å². The highest BCUT2D eigenvalue weighted by molar-refractivity contribution is 9.09. The summed E-state index contributed by atoms with van der Waals surface area (Å²) in [4.78, 5) is 0.0430. The summed E-state index contributed by atoms with van der Waals surface area (Å²) < 4.78 is 1.78. The van der Waals surface area contributed by atoms with Gasteiger partial charge in [-0.25, -0.2) is 4.68 Å².